The number of hydrogen-bond acceptors (Lipinski definition) is 4. The molecule has 0 saturated carbocycles. The third-order valence-corrected chi connectivity index (χ3v) is 3.72. The Morgan fingerprint density at radius 2 is 2.04 bits per heavy atom. The van der Waals surface area contributed by atoms with E-state index in [9.17, 15) is 9.90 Å². The Balaban J connectivity index is 1.83. The van der Waals surface area contributed by atoms with Crippen LogP contribution in [-0.2, 0) is 17.9 Å². The first-order chi connectivity index (χ1) is 11.5. The molecule has 5 nitrogen and oxygen atoms in total. The van der Waals surface area contributed by atoms with Crippen molar-refractivity contribution < 1.29 is 14.6 Å². The van der Waals surface area contributed by atoms with E-state index in [-0.39, 0.29) is 18.2 Å². The van der Waals surface area contributed by atoms with Crippen molar-refractivity contribution in [3.05, 3.63) is 58.6 Å². The van der Waals surface area contributed by atoms with Gasteiger partial charge in [-0.25, -0.2) is 0 Å². The zero-order chi connectivity index (χ0) is 17.5. The predicted octanol–water partition coefficient (Wildman–Crippen LogP) is 2.80. The molecule has 0 radical (unpaired) electrons. The lowest BCUT2D eigenvalue weighted by Gasteiger charge is -2.17. The van der Waals surface area contributed by atoms with Crippen molar-refractivity contribution in [1.82, 2.24) is 10.2 Å². The number of likely N-dealkylation sites (N-methyl/N-ethyl adjacent to an activating group) is 1. The maximum Gasteiger partial charge on any atom is 0.234 e. The Hall–Kier alpha value is -2.24. The van der Waals surface area contributed by atoms with Crippen LogP contribution in [0.25, 0.3) is 0 Å². The fraction of sp³-hybridized carbons (Fsp3) is 0.278. The first-order valence-corrected chi connectivity index (χ1v) is 7.91. The topological polar surface area (TPSA) is 61.8 Å². The summed E-state index contributed by atoms with van der Waals surface area (Å²) in [6.45, 7) is 1.28. The van der Waals surface area contributed by atoms with Crippen molar-refractivity contribution in [3.8, 4) is 11.5 Å². The molecule has 2 aromatic carbocycles. The van der Waals surface area contributed by atoms with Crippen LogP contribution in [0, 0.1) is 0 Å². The zero-order valence-corrected chi connectivity index (χ0v) is 14.5. The minimum atomic E-state index is -0.0665. The number of halogens is 1. The average molecular weight is 349 g/mol. The van der Waals surface area contributed by atoms with Gasteiger partial charge in [-0.2, -0.15) is 0 Å². The molecule has 0 heterocycles. The smallest absolute Gasteiger partial charge is 0.234 e. The second-order valence-corrected chi connectivity index (χ2v) is 6.02. The molecule has 1 amide bonds. The SMILES string of the molecule is COc1cc(CN(C)CC(=O)NCc2cccc(Cl)c2)ccc1O. The molecular weight excluding hydrogens is 328 g/mol. The van der Waals surface area contributed by atoms with Gasteiger partial charge in [0.05, 0.1) is 13.7 Å². The summed E-state index contributed by atoms with van der Waals surface area (Å²) < 4.78 is 5.09. The number of phenolic OH excluding ortho intramolecular Hbond substituents is 1. The third-order valence-electron chi connectivity index (χ3n) is 3.49. The fourth-order valence-electron chi connectivity index (χ4n) is 2.34. The normalized spacial score (nSPS) is 10.7. The maximum absolute atomic E-state index is 12.0. The molecule has 0 saturated heterocycles. The van der Waals surface area contributed by atoms with E-state index in [2.05, 4.69) is 5.32 Å². The molecular formula is C18H21ClN2O3. The second kappa shape index (κ2) is 8.57. The fourth-order valence-corrected chi connectivity index (χ4v) is 2.55. The number of carbonyl (C=O) groups is 1. The van der Waals surface area contributed by atoms with Crippen LogP contribution in [0.1, 0.15) is 11.1 Å². The van der Waals surface area contributed by atoms with E-state index >= 15 is 0 Å². The molecule has 0 unspecified atom stereocenters. The molecule has 2 rings (SSSR count). The summed E-state index contributed by atoms with van der Waals surface area (Å²) in [7, 11) is 3.37. The number of carbonyl (C=O) groups excluding carboxylic acids is 1. The highest BCUT2D eigenvalue weighted by Crippen LogP contribution is 2.26. The molecule has 0 aromatic heterocycles. The number of methoxy groups -OCH3 is 1. The molecule has 0 fully saturated rings. The number of aromatic hydroxyl groups is 1. The van der Waals surface area contributed by atoms with Crippen molar-refractivity contribution in [1.29, 1.82) is 0 Å². The molecule has 128 valence electrons. The summed E-state index contributed by atoms with van der Waals surface area (Å²) in [5.41, 5.74) is 1.91. The van der Waals surface area contributed by atoms with E-state index < -0.39 is 0 Å². The van der Waals surface area contributed by atoms with Gasteiger partial charge in [-0.1, -0.05) is 29.8 Å². The summed E-state index contributed by atoms with van der Waals surface area (Å²) >= 11 is 5.92. The molecule has 24 heavy (non-hydrogen) atoms. The maximum atomic E-state index is 12.0. The number of ether oxygens (including phenoxy) is 1. The molecule has 6 heteroatoms. The number of nitrogens with one attached hydrogen (secondary N) is 1. The van der Waals surface area contributed by atoms with Gasteiger partial charge in [-0.15, -0.1) is 0 Å². The number of amides is 1. The van der Waals surface area contributed by atoms with Crippen molar-refractivity contribution in [2.24, 2.45) is 0 Å². The van der Waals surface area contributed by atoms with Crippen LogP contribution in [0.3, 0.4) is 0 Å². The molecule has 2 aromatic rings. The monoisotopic (exact) mass is 348 g/mol. The quantitative estimate of drug-likeness (QED) is 0.807. The molecule has 0 spiro atoms. The highest BCUT2D eigenvalue weighted by Gasteiger charge is 2.09. The van der Waals surface area contributed by atoms with Gasteiger partial charge in [0.2, 0.25) is 5.91 Å². The number of hydrogen-bond donors (Lipinski definition) is 2. The summed E-state index contributed by atoms with van der Waals surface area (Å²) in [5.74, 6) is 0.456. The van der Waals surface area contributed by atoms with Gasteiger partial charge in [0, 0.05) is 18.1 Å². The molecule has 0 bridgehead atoms. The van der Waals surface area contributed by atoms with Crippen LogP contribution >= 0.6 is 11.6 Å². The van der Waals surface area contributed by atoms with Crippen LogP contribution in [0.15, 0.2) is 42.5 Å². The molecule has 0 aliphatic heterocycles. The Kier molecular flexibility index (Phi) is 6.46. The highest BCUT2D eigenvalue weighted by molar-refractivity contribution is 6.30. The van der Waals surface area contributed by atoms with Crippen LogP contribution in [-0.4, -0.2) is 36.6 Å². The Labute approximate surface area is 146 Å². The van der Waals surface area contributed by atoms with E-state index in [4.69, 9.17) is 16.3 Å². The van der Waals surface area contributed by atoms with E-state index in [0.717, 1.165) is 11.1 Å². The number of rotatable bonds is 7. The Morgan fingerprint density at radius 1 is 1.25 bits per heavy atom. The van der Waals surface area contributed by atoms with Gasteiger partial charge in [0.1, 0.15) is 0 Å². The van der Waals surface area contributed by atoms with Crippen LogP contribution in [0.2, 0.25) is 5.02 Å². The van der Waals surface area contributed by atoms with Crippen molar-refractivity contribution in [2.45, 2.75) is 13.1 Å². The molecule has 0 atom stereocenters. The zero-order valence-electron chi connectivity index (χ0n) is 13.8. The van der Waals surface area contributed by atoms with E-state index in [1.807, 2.05) is 30.1 Å². The molecule has 0 aliphatic rings. The average Bonchev–Trinajstić information content (AvgIpc) is 2.54. The van der Waals surface area contributed by atoms with Gasteiger partial charge in [0.15, 0.2) is 11.5 Å². The summed E-state index contributed by atoms with van der Waals surface area (Å²) in [6.07, 6.45) is 0. The van der Waals surface area contributed by atoms with Gasteiger partial charge < -0.3 is 15.2 Å². The van der Waals surface area contributed by atoms with E-state index in [1.54, 1.807) is 24.3 Å². The van der Waals surface area contributed by atoms with Crippen molar-refractivity contribution in [2.75, 3.05) is 20.7 Å². The van der Waals surface area contributed by atoms with Gasteiger partial charge in [-0.05, 0) is 42.4 Å². The minimum Gasteiger partial charge on any atom is -0.504 e. The van der Waals surface area contributed by atoms with E-state index in [1.165, 1.54) is 7.11 Å². The standard InChI is InChI=1S/C18H21ClN2O3/c1-21(11-14-6-7-16(22)17(9-14)24-2)12-18(23)20-10-13-4-3-5-15(19)8-13/h3-9,22H,10-12H2,1-2H3,(H,20,23). The van der Waals surface area contributed by atoms with Gasteiger partial charge >= 0.3 is 0 Å². The largest absolute Gasteiger partial charge is 0.504 e. The van der Waals surface area contributed by atoms with Crippen LogP contribution in [0.5, 0.6) is 11.5 Å². The Bertz CT molecular complexity index is 706. The van der Waals surface area contributed by atoms with Gasteiger partial charge in [-0.3, -0.25) is 9.69 Å². The highest BCUT2D eigenvalue weighted by atomic mass is 35.5. The number of benzene rings is 2. The van der Waals surface area contributed by atoms with Crippen LogP contribution in [0.4, 0.5) is 0 Å². The second-order valence-electron chi connectivity index (χ2n) is 5.59. The summed E-state index contributed by atoms with van der Waals surface area (Å²) in [5, 5.41) is 13.1. The summed E-state index contributed by atoms with van der Waals surface area (Å²) in [6, 6.07) is 12.5. The lowest BCUT2D eigenvalue weighted by molar-refractivity contribution is -0.122. The first-order valence-electron chi connectivity index (χ1n) is 7.53. The number of nitrogens with zero attached hydrogens (tertiary/aromatic N) is 1. The third kappa shape index (κ3) is 5.44. The lowest BCUT2D eigenvalue weighted by Crippen LogP contribution is -2.34. The first kappa shape index (κ1) is 18.1. The predicted molar refractivity (Wildman–Crippen MR) is 94.3 cm³/mol. The molecule has 0 aliphatic carbocycles. The summed E-state index contributed by atoms with van der Waals surface area (Å²) in [4.78, 5) is 13.9. The van der Waals surface area contributed by atoms with E-state index in [0.29, 0.717) is 23.9 Å². The van der Waals surface area contributed by atoms with Crippen LogP contribution < -0.4 is 10.1 Å². The Morgan fingerprint density at radius 3 is 2.75 bits per heavy atom. The number of phenols is 1. The van der Waals surface area contributed by atoms with Crippen molar-refractivity contribution >= 4 is 17.5 Å². The lowest BCUT2D eigenvalue weighted by atomic mass is 10.2. The van der Waals surface area contributed by atoms with Crippen molar-refractivity contribution in [3.63, 3.8) is 0 Å². The minimum absolute atomic E-state index is 0.0665. The van der Waals surface area contributed by atoms with Gasteiger partial charge in [0.25, 0.3) is 0 Å². The molecule has 2 N–H and O–H groups in total.